The summed E-state index contributed by atoms with van der Waals surface area (Å²) in [5.74, 6) is 0. The first kappa shape index (κ1) is 9.40. The summed E-state index contributed by atoms with van der Waals surface area (Å²) in [6, 6.07) is 0. The maximum absolute atomic E-state index is 8.62. The largest absolute Gasteiger partial charge is 0.392 e. The minimum atomic E-state index is -0.0603. The van der Waals surface area contributed by atoms with Crippen LogP contribution < -0.4 is 0 Å². The molecule has 3 heteroatoms. The first-order valence-corrected chi connectivity index (χ1v) is 3.18. The zero-order chi connectivity index (χ0) is 7.98. The SMILES string of the molecule is C=C/C(=C\C(Cl)=NC)CO. The number of aliphatic hydroxyl groups is 1. The summed E-state index contributed by atoms with van der Waals surface area (Å²) < 4.78 is 0. The van der Waals surface area contributed by atoms with Crippen LogP contribution in [0.25, 0.3) is 0 Å². The minimum absolute atomic E-state index is 0.0603. The molecule has 0 radical (unpaired) electrons. The van der Waals surface area contributed by atoms with E-state index in [0.29, 0.717) is 10.7 Å². The molecule has 0 aromatic heterocycles. The van der Waals surface area contributed by atoms with E-state index >= 15 is 0 Å². The lowest BCUT2D eigenvalue weighted by Crippen LogP contribution is -1.89. The van der Waals surface area contributed by atoms with Gasteiger partial charge in [-0.3, -0.25) is 4.99 Å². The molecule has 0 saturated carbocycles. The molecule has 0 unspecified atom stereocenters. The fourth-order valence-electron chi connectivity index (χ4n) is 0.387. The van der Waals surface area contributed by atoms with Gasteiger partial charge in [-0.15, -0.1) is 0 Å². The summed E-state index contributed by atoms with van der Waals surface area (Å²) in [6.45, 7) is 3.42. The van der Waals surface area contributed by atoms with Crippen LogP contribution in [0, 0.1) is 0 Å². The first-order valence-electron chi connectivity index (χ1n) is 2.80. The van der Waals surface area contributed by atoms with E-state index in [1.165, 1.54) is 6.08 Å². The van der Waals surface area contributed by atoms with Crippen LogP contribution in [0.4, 0.5) is 0 Å². The fourth-order valence-corrected chi connectivity index (χ4v) is 0.527. The number of halogens is 1. The normalized spacial score (nSPS) is 13.5. The lowest BCUT2D eigenvalue weighted by Gasteiger charge is -1.92. The van der Waals surface area contributed by atoms with Gasteiger partial charge in [0.1, 0.15) is 5.17 Å². The summed E-state index contributed by atoms with van der Waals surface area (Å²) in [5.41, 5.74) is 0.663. The van der Waals surface area contributed by atoms with Gasteiger partial charge in [0.15, 0.2) is 0 Å². The van der Waals surface area contributed by atoms with Crippen molar-refractivity contribution in [3.05, 3.63) is 24.3 Å². The summed E-state index contributed by atoms with van der Waals surface area (Å²) in [5, 5.41) is 8.98. The molecular formula is C7H10ClNO. The highest BCUT2D eigenvalue weighted by Gasteiger charge is 1.89. The van der Waals surface area contributed by atoms with Gasteiger partial charge in [0.25, 0.3) is 0 Å². The van der Waals surface area contributed by atoms with E-state index in [4.69, 9.17) is 16.7 Å². The van der Waals surface area contributed by atoms with Crippen LogP contribution in [0.15, 0.2) is 29.3 Å². The third-order valence-electron chi connectivity index (χ3n) is 0.963. The average molecular weight is 160 g/mol. The molecule has 56 valence electrons. The van der Waals surface area contributed by atoms with Crippen LogP contribution in [-0.2, 0) is 0 Å². The number of aliphatic imine (C=N–C) groups is 1. The van der Waals surface area contributed by atoms with Crippen molar-refractivity contribution >= 4 is 16.8 Å². The van der Waals surface area contributed by atoms with E-state index in [0.717, 1.165) is 0 Å². The lowest BCUT2D eigenvalue weighted by molar-refractivity contribution is 0.335. The van der Waals surface area contributed by atoms with Crippen molar-refractivity contribution in [2.75, 3.05) is 13.7 Å². The van der Waals surface area contributed by atoms with Crippen molar-refractivity contribution in [2.24, 2.45) is 4.99 Å². The van der Waals surface area contributed by atoms with Gasteiger partial charge < -0.3 is 5.11 Å². The molecule has 0 atom stereocenters. The van der Waals surface area contributed by atoms with Crippen molar-refractivity contribution in [1.29, 1.82) is 0 Å². The van der Waals surface area contributed by atoms with Crippen molar-refractivity contribution in [3.63, 3.8) is 0 Å². The van der Waals surface area contributed by atoms with E-state index in [1.54, 1.807) is 13.1 Å². The molecule has 0 rings (SSSR count). The maximum atomic E-state index is 8.62. The number of nitrogens with zero attached hydrogens (tertiary/aromatic N) is 1. The van der Waals surface area contributed by atoms with Crippen LogP contribution in [-0.4, -0.2) is 23.9 Å². The van der Waals surface area contributed by atoms with Crippen molar-refractivity contribution in [1.82, 2.24) is 0 Å². The highest BCUT2D eigenvalue weighted by Crippen LogP contribution is 1.97. The Hall–Kier alpha value is -0.600. The van der Waals surface area contributed by atoms with Crippen LogP contribution in [0.5, 0.6) is 0 Å². The second kappa shape index (κ2) is 5.21. The molecule has 0 spiro atoms. The Morgan fingerprint density at radius 2 is 2.40 bits per heavy atom. The molecule has 0 aromatic carbocycles. The standard InChI is InChI=1S/C7H10ClNO/c1-3-6(5-10)4-7(8)9-2/h3-4,10H,1,5H2,2H3/b6-4+,9-7?. The fraction of sp³-hybridized carbons (Fsp3) is 0.286. The molecule has 0 aliphatic rings. The Morgan fingerprint density at radius 1 is 1.80 bits per heavy atom. The van der Waals surface area contributed by atoms with E-state index in [-0.39, 0.29) is 6.61 Å². The van der Waals surface area contributed by atoms with Gasteiger partial charge >= 0.3 is 0 Å². The Kier molecular flexibility index (Phi) is 4.89. The molecule has 0 fully saturated rings. The van der Waals surface area contributed by atoms with Gasteiger partial charge in [-0.05, 0) is 11.6 Å². The molecule has 0 amide bonds. The Labute approximate surface area is 65.5 Å². The summed E-state index contributed by atoms with van der Waals surface area (Å²) in [4.78, 5) is 3.67. The van der Waals surface area contributed by atoms with Crippen LogP contribution in [0.2, 0.25) is 0 Å². The smallest absolute Gasteiger partial charge is 0.123 e. The lowest BCUT2D eigenvalue weighted by atomic mass is 10.3. The Bertz CT molecular complexity index is 172. The second-order valence-electron chi connectivity index (χ2n) is 1.63. The van der Waals surface area contributed by atoms with Crippen molar-refractivity contribution < 1.29 is 5.11 Å². The summed E-state index contributed by atoms with van der Waals surface area (Å²) in [7, 11) is 1.58. The molecule has 0 heterocycles. The average Bonchev–Trinajstić information content (AvgIpc) is 1.99. The summed E-state index contributed by atoms with van der Waals surface area (Å²) >= 11 is 5.53. The zero-order valence-electron chi connectivity index (χ0n) is 5.84. The number of aliphatic hydroxyl groups excluding tert-OH is 1. The van der Waals surface area contributed by atoms with Crippen molar-refractivity contribution in [3.8, 4) is 0 Å². The molecule has 1 N–H and O–H groups in total. The Balaban J connectivity index is 4.24. The predicted octanol–water partition coefficient (Wildman–Crippen LogP) is 1.36. The minimum Gasteiger partial charge on any atom is -0.392 e. The number of hydrogen-bond acceptors (Lipinski definition) is 2. The molecule has 0 aromatic rings. The molecule has 2 nitrogen and oxygen atoms in total. The topological polar surface area (TPSA) is 32.6 Å². The second-order valence-corrected chi connectivity index (χ2v) is 2.02. The first-order chi connectivity index (χ1) is 4.74. The van der Waals surface area contributed by atoms with Crippen molar-refractivity contribution in [2.45, 2.75) is 0 Å². The Morgan fingerprint density at radius 3 is 2.70 bits per heavy atom. The molecule has 0 bridgehead atoms. The van der Waals surface area contributed by atoms with Crippen LogP contribution >= 0.6 is 11.6 Å². The van der Waals surface area contributed by atoms with Gasteiger partial charge in [-0.2, -0.15) is 0 Å². The number of rotatable bonds is 3. The monoisotopic (exact) mass is 159 g/mol. The molecule has 0 aliphatic carbocycles. The van der Waals surface area contributed by atoms with Gasteiger partial charge in [0.05, 0.1) is 6.61 Å². The quantitative estimate of drug-likeness (QED) is 0.490. The molecule has 0 saturated heterocycles. The van der Waals surface area contributed by atoms with Gasteiger partial charge in [-0.1, -0.05) is 24.3 Å². The van der Waals surface area contributed by atoms with Crippen LogP contribution in [0.1, 0.15) is 0 Å². The third kappa shape index (κ3) is 3.43. The van der Waals surface area contributed by atoms with E-state index in [1.807, 2.05) is 0 Å². The van der Waals surface area contributed by atoms with E-state index in [2.05, 4.69) is 11.6 Å². The third-order valence-corrected chi connectivity index (χ3v) is 1.24. The zero-order valence-corrected chi connectivity index (χ0v) is 6.60. The number of hydrogen-bond donors (Lipinski definition) is 1. The highest BCUT2D eigenvalue weighted by molar-refractivity contribution is 6.68. The molecule has 10 heavy (non-hydrogen) atoms. The molecule has 0 aliphatic heterocycles. The van der Waals surface area contributed by atoms with Crippen LogP contribution in [0.3, 0.4) is 0 Å². The van der Waals surface area contributed by atoms with Gasteiger partial charge in [0.2, 0.25) is 0 Å². The summed E-state index contributed by atoms with van der Waals surface area (Å²) in [6.07, 6.45) is 3.10. The maximum Gasteiger partial charge on any atom is 0.123 e. The molecular weight excluding hydrogens is 150 g/mol. The number of allylic oxidation sites excluding steroid dienone is 1. The van der Waals surface area contributed by atoms with Gasteiger partial charge in [0, 0.05) is 7.05 Å². The highest BCUT2D eigenvalue weighted by atomic mass is 35.5. The van der Waals surface area contributed by atoms with E-state index < -0.39 is 0 Å². The predicted molar refractivity (Wildman–Crippen MR) is 44.6 cm³/mol. The van der Waals surface area contributed by atoms with E-state index in [9.17, 15) is 0 Å². The van der Waals surface area contributed by atoms with Gasteiger partial charge in [-0.25, -0.2) is 0 Å².